The molecule has 1 fully saturated rings. The van der Waals surface area contributed by atoms with E-state index in [-0.39, 0.29) is 24.0 Å². The molecule has 2 N–H and O–H groups in total. The normalized spacial score (nSPS) is 16.2. The van der Waals surface area contributed by atoms with Crippen LogP contribution < -0.4 is 5.73 Å². The van der Waals surface area contributed by atoms with E-state index in [1.807, 2.05) is 18.2 Å². The topological polar surface area (TPSA) is 50.9 Å². The summed E-state index contributed by atoms with van der Waals surface area (Å²) < 4.78 is 5.60. The molecule has 0 aromatic heterocycles. The predicted octanol–water partition coefficient (Wildman–Crippen LogP) is 3.01. The fourth-order valence-electron chi connectivity index (χ4n) is 2.39. The molecule has 0 radical (unpaired) electrons. The molecule has 0 bridgehead atoms. The molecule has 1 aromatic carbocycles. The number of likely N-dealkylation sites (tertiary alicyclic amines) is 1. The van der Waals surface area contributed by atoms with Gasteiger partial charge in [-0.25, -0.2) is 0 Å². The highest BCUT2D eigenvalue weighted by atomic mass is 127. The maximum absolute atomic E-state index is 6.03. The number of hydrogen-bond acceptors (Lipinski definition) is 2. The van der Waals surface area contributed by atoms with Crippen molar-refractivity contribution in [1.82, 2.24) is 4.90 Å². The Kier molecular flexibility index (Phi) is 9.41. The van der Waals surface area contributed by atoms with Crippen molar-refractivity contribution in [2.75, 3.05) is 26.2 Å². The molecule has 4 nitrogen and oxygen atoms in total. The van der Waals surface area contributed by atoms with Crippen molar-refractivity contribution >= 4 is 29.9 Å². The van der Waals surface area contributed by atoms with Gasteiger partial charge in [-0.05, 0) is 18.4 Å². The van der Waals surface area contributed by atoms with Crippen LogP contribution in [0.1, 0.15) is 31.2 Å². The molecule has 1 aromatic rings. The highest BCUT2D eigenvalue weighted by Crippen LogP contribution is 2.09. The average Bonchev–Trinajstić information content (AvgIpc) is 2.77. The molecular weight excluding hydrogens is 377 g/mol. The van der Waals surface area contributed by atoms with Gasteiger partial charge in [-0.1, -0.05) is 43.2 Å². The number of guanidine groups is 1. The average molecular weight is 403 g/mol. The lowest BCUT2D eigenvalue weighted by atomic mass is 10.2. The zero-order chi connectivity index (χ0) is 14.0. The van der Waals surface area contributed by atoms with Gasteiger partial charge in [0.2, 0.25) is 0 Å². The van der Waals surface area contributed by atoms with E-state index in [2.05, 4.69) is 22.0 Å². The van der Waals surface area contributed by atoms with Crippen LogP contribution in [0, 0.1) is 0 Å². The first-order valence-corrected chi connectivity index (χ1v) is 7.53. The van der Waals surface area contributed by atoms with Crippen molar-refractivity contribution in [2.45, 2.75) is 32.3 Å². The third-order valence-electron chi connectivity index (χ3n) is 3.55. The Morgan fingerprint density at radius 3 is 2.43 bits per heavy atom. The van der Waals surface area contributed by atoms with Crippen LogP contribution in [0.3, 0.4) is 0 Å². The number of hydrogen-bond donors (Lipinski definition) is 1. The van der Waals surface area contributed by atoms with Gasteiger partial charge in [-0.3, -0.25) is 4.99 Å². The van der Waals surface area contributed by atoms with E-state index >= 15 is 0 Å². The first kappa shape index (κ1) is 18.2. The van der Waals surface area contributed by atoms with Crippen LogP contribution in [0.2, 0.25) is 0 Å². The Morgan fingerprint density at radius 1 is 1.10 bits per heavy atom. The fraction of sp³-hybridized carbons (Fsp3) is 0.562. The fourth-order valence-corrected chi connectivity index (χ4v) is 2.39. The molecule has 0 saturated carbocycles. The lowest BCUT2D eigenvalue weighted by Gasteiger charge is -2.21. The van der Waals surface area contributed by atoms with Gasteiger partial charge in [0.25, 0.3) is 0 Å². The van der Waals surface area contributed by atoms with Gasteiger partial charge in [-0.15, -0.1) is 24.0 Å². The van der Waals surface area contributed by atoms with Gasteiger partial charge in [0.15, 0.2) is 5.96 Å². The van der Waals surface area contributed by atoms with Crippen LogP contribution in [0.5, 0.6) is 0 Å². The summed E-state index contributed by atoms with van der Waals surface area (Å²) in [6.07, 6.45) is 5.06. The first-order chi connectivity index (χ1) is 9.86. The van der Waals surface area contributed by atoms with Crippen LogP contribution in [-0.4, -0.2) is 37.1 Å². The molecule has 0 amide bonds. The minimum absolute atomic E-state index is 0. The first-order valence-electron chi connectivity index (χ1n) is 7.53. The molecule has 0 unspecified atom stereocenters. The van der Waals surface area contributed by atoms with Crippen LogP contribution in [0.25, 0.3) is 0 Å². The summed E-state index contributed by atoms with van der Waals surface area (Å²) >= 11 is 0. The summed E-state index contributed by atoms with van der Waals surface area (Å²) in [5.74, 6) is 0.676. The summed E-state index contributed by atoms with van der Waals surface area (Å²) in [5.41, 5.74) is 7.22. The second-order valence-corrected chi connectivity index (χ2v) is 5.18. The van der Waals surface area contributed by atoms with Crippen molar-refractivity contribution in [3.05, 3.63) is 35.9 Å². The van der Waals surface area contributed by atoms with Crippen molar-refractivity contribution in [1.29, 1.82) is 0 Å². The van der Waals surface area contributed by atoms with Crippen molar-refractivity contribution in [3.63, 3.8) is 0 Å². The largest absolute Gasteiger partial charge is 0.375 e. The van der Waals surface area contributed by atoms with Crippen molar-refractivity contribution in [2.24, 2.45) is 10.7 Å². The Morgan fingerprint density at radius 2 is 1.76 bits per heavy atom. The van der Waals surface area contributed by atoms with E-state index < -0.39 is 0 Å². The van der Waals surface area contributed by atoms with Gasteiger partial charge < -0.3 is 15.4 Å². The number of nitrogens with zero attached hydrogens (tertiary/aromatic N) is 2. The molecule has 1 saturated heterocycles. The number of benzene rings is 1. The SMILES string of the molecule is I.NC(=NCCOCc1ccccc1)N1CCCCCC1. The van der Waals surface area contributed by atoms with E-state index in [1.165, 1.54) is 31.2 Å². The lowest BCUT2D eigenvalue weighted by molar-refractivity contribution is 0.128. The summed E-state index contributed by atoms with van der Waals surface area (Å²) in [4.78, 5) is 6.61. The monoisotopic (exact) mass is 403 g/mol. The lowest BCUT2D eigenvalue weighted by Crippen LogP contribution is -2.38. The van der Waals surface area contributed by atoms with Gasteiger partial charge in [-0.2, -0.15) is 0 Å². The summed E-state index contributed by atoms with van der Waals surface area (Å²) in [7, 11) is 0. The molecule has 1 aliphatic rings. The molecule has 0 atom stereocenters. The van der Waals surface area contributed by atoms with Crippen LogP contribution in [0.4, 0.5) is 0 Å². The molecule has 21 heavy (non-hydrogen) atoms. The number of nitrogens with two attached hydrogens (primary N) is 1. The number of aliphatic imine (C=N–C) groups is 1. The number of halogens is 1. The third kappa shape index (κ3) is 7.13. The number of rotatable bonds is 5. The zero-order valence-electron chi connectivity index (χ0n) is 12.5. The standard InChI is InChI=1S/C16H25N3O.HI/c17-16(19-11-6-1-2-7-12-19)18-10-13-20-14-15-8-4-3-5-9-15;/h3-5,8-9H,1-2,6-7,10-14H2,(H2,17,18);1H. The second-order valence-electron chi connectivity index (χ2n) is 5.18. The Balaban J connectivity index is 0.00000220. The molecule has 5 heteroatoms. The quantitative estimate of drug-likeness (QED) is 0.356. The minimum Gasteiger partial charge on any atom is -0.375 e. The minimum atomic E-state index is 0. The van der Waals surface area contributed by atoms with Crippen LogP contribution in [-0.2, 0) is 11.3 Å². The Bertz CT molecular complexity index is 403. The van der Waals surface area contributed by atoms with Gasteiger partial charge in [0.1, 0.15) is 0 Å². The maximum atomic E-state index is 6.03. The van der Waals surface area contributed by atoms with Crippen molar-refractivity contribution < 1.29 is 4.74 Å². The zero-order valence-corrected chi connectivity index (χ0v) is 14.9. The Hall–Kier alpha value is -0.820. The molecular formula is C16H26IN3O. The third-order valence-corrected chi connectivity index (χ3v) is 3.55. The maximum Gasteiger partial charge on any atom is 0.191 e. The smallest absolute Gasteiger partial charge is 0.191 e. The highest BCUT2D eigenvalue weighted by molar-refractivity contribution is 14.0. The highest BCUT2D eigenvalue weighted by Gasteiger charge is 2.10. The van der Waals surface area contributed by atoms with E-state index in [1.54, 1.807) is 0 Å². The summed E-state index contributed by atoms with van der Waals surface area (Å²) in [6.45, 7) is 3.97. The van der Waals surface area contributed by atoms with E-state index in [0.29, 0.717) is 25.7 Å². The Labute approximate surface area is 144 Å². The molecule has 2 rings (SSSR count). The molecule has 1 heterocycles. The van der Waals surface area contributed by atoms with Gasteiger partial charge in [0.05, 0.1) is 19.8 Å². The molecule has 118 valence electrons. The van der Waals surface area contributed by atoms with Gasteiger partial charge in [0, 0.05) is 13.1 Å². The predicted molar refractivity (Wildman–Crippen MR) is 98.0 cm³/mol. The van der Waals surface area contributed by atoms with E-state index in [9.17, 15) is 0 Å². The summed E-state index contributed by atoms with van der Waals surface area (Å²) in [6, 6.07) is 10.2. The molecule has 0 aliphatic carbocycles. The summed E-state index contributed by atoms with van der Waals surface area (Å²) in [5, 5.41) is 0. The van der Waals surface area contributed by atoms with Crippen LogP contribution in [0.15, 0.2) is 35.3 Å². The number of ether oxygens (including phenoxy) is 1. The molecule has 1 aliphatic heterocycles. The second kappa shape index (κ2) is 10.8. The molecule has 0 spiro atoms. The van der Waals surface area contributed by atoms with E-state index in [4.69, 9.17) is 10.5 Å². The van der Waals surface area contributed by atoms with E-state index in [0.717, 1.165) is 13.1 Å². The van der Waals surface area contributed by atoms with Gasteiger partial charge >= 0.3 is 0 Å². The van der Waals surface area contributed by atoms with Crippen molar-refractivity contribution in [3.8, 4) is 0 Å². The van der Waals surface area contributed by atoms with Crippen LogP contribution >= 0.6 is 24.0 Å².